The standard InChI is InChI=1S/C10H12O4/c1-7(11)13-9-5-3-4-6-10(9)14-8(2)12/h3-7,11H,1-2H3. The maximum absolute atomic E-state index is 10.7. The summed E-state index contributed by atoms with van der Waals surface area (Å²) in [5.41, 5.74) is 0. The number of carbonyl (C=O) groups is 1. The minimum atomic E-state index is -0.938. The Morgan fingerprint density at radius 1 is 1.36 bits per heavy atom. The Bertz CT molecular complexity index is 320. The summed E-state index contributed by atoms with van der Waals surface area (Å²) in [5.74, 6) is 0.227. The van der Waals surface area contributed by atoms with Crippen molar-refractivity contribution in [2.75, 3.05) is 0 Å². The summed E-state index contributed by atoms with van der Waals surface area (Å²) in [6.45, 7) is 2.78. The highest BCUT2D eigenvalue weighted by Crippen LogP contribution is 2.27. The first-order valence-electron chi connectivity index (χ1n) is 4.22. The van der Waals surface area contributed by atoms with Crippen molar-refractivity contribution in [3.8, 4) is 11.5 Å². The molecule has 1 unspecified atom stereocenters. The molecule has 1 N–H and O–H groups in total. The lowest BCUT2D eigenvalue weighted by Crippen LogP contribution is -2.11. The molecule has 4 nitrogen and oxygen atoms in total. The first kappa shape index (κ1) is 10.5. The highest BCUT2D eigenvalue weighted by Gasteiger charge is 2.07. The Balaban J connectivity index is 2.85. The average Bonchev–Trinajstić information content (AvgIpc) is 2.06. The third-order valence-electron chi connectivity index (χ3n) is 1.40. The van der Waals surface area contributed by atoms with Gasteiger partial charge in [0.1, 0.15) is 0 Å². The van der Waals surface area contributed by atoms with Gasteiger partial charge in [0.25, 0.3) is 0 Å². The molecule has 0 radical (unpaired) electrons. The van der Waals surface area contributed by atoms with Crippen LogP contribution in [0.3, 0.4) is 0 Å². The van der Waals surface area contributed by atoms with Gasteiger partial charge in [0.2, 0.25) is 0 Å². The Labute approximate surface area is 82.1 Å². The van der Waals surface area contributed by atoms with Gasteiger partial charge >= 0.3 is 5.97 Å². The molecule has 0 saturated heterocycles. The number of benzene rings is 1. The topological polar surface area (TPSA) is 55.8 Å². The fraction of sp³-hybridized carbons (Fsp3) is 0.300. The molecule has 0 heterocycles. The third-order valence-corrected chi connectivity index (χ3v) is 1.40. The molecule has 1 rings (SSSR count). The van der Waals surface area contributed by atoms with Gasteiger partial charge in [-0.15, -0.1) is 0 Å². The van der Waals surface area contributed by atoms with Crippen molar-refractivity contribution in [3.05, 3.63) is 24.3 Å². The fourth-order valence-electron chi connectivity index (χ4n) is 0.970. The first-order chi connectivity index (χ1) is 6.59. The zero-order chi connectivity index (χ0) is 10.6. The van der Waals surface area contributed by atoms with Crippen molar-refractivity contribution < 1.29 is 19.4 Å². The lowest BCUT2D eigenvalue weighted by atomic mass is 10.3. The highest BCUT2D eigenvalue weighted by molar-refractivity contribution is 5.70. The second-order valence-electron chi connectivity index (χ2n) is 2.76. The van der Waals surface area contributed by atoms with Crippen LogP contribution in [0.4, 0.5) is 0 Å². The number of hydrogen-bond acceptors (Lipinski definition) is 4. The summed E-state index contributed by atoms with van der Waals surface area (Å²) >= 11 is 0. The molecule has 4 heteroatoms. The van der Waals surface area contributed by atoms with Crippen molar-refractivity contribution in [2.45, 2.75) is 20.1 Å². The quantitative estimate of drug-likeness (QED) is 0.450. The number of aliphatic hydroxyl groups is 1. The summed E-state index contributed by atoms with van der Waals surface area (Å²) in [6, 6.07) is 6.65. The van der Waals surface area contributed by atoms with Gasteiger partial charge in [0.05, 0.1) is 0 Å². The molecule has 0 spiro atoms. The SMILES string of the molecule is CC(=O)Oc1ccccc1OC(C)O. The van der Waals surface area contributed by atoms with Crippen LogP contribution in [0, 0.1) is 0 Å². The summed E-state index contributed by atoms with van der Waals surface area (Å²) < 4.78 is 9.90. The second-order valence-corrected chi connectivity index (χ2v) is 2.76. The Morgan fingerprint density at radius 3 is 2.43 bits per heavy atom. The van der Waals surface area contributed by atoms with Crippen molar-refractivity contribution in [2.24, 2.45) is 0 Å². The molecule has 14 heavy (non-hydrogen) atoms. The maximum Gasteiger partial charge on any atom is 0.308 e. The maximum atomic E-state index is 10.7. The van der Waals surface area contributed by atoms with Crippen LogP contribution >= 0.6 is 0 Å². The molecule has 0 aliphatic heterocycles. The Morgan fingerprint density at radius 2 is 1.93 bits per heavy atom. The molecule has 0 aromatic heterocycles. The number of esters is 1. The molecule has 0 aliphatic rings. The first-order valence-corrected chi connectivity index (χ1v) is 4.22. The average molecular weight is 196 g/mol. The summed E-state index contributed by atoms with van der Waals surface area (Å²) in [5, 5.41) is 9.00. The molecule has 0 aliphatic carbocycles. The molecular weight excluding hydrogens is 184 g/mol. The second kappa shape index (κ2) is 4.62. The van der Waals surface area contributed by atoms with Crippen LogP contribution in [-0.2, 0) is 4.79 Å². The lowest BCUT2D eigenvalue weighted by molar-refractivity contribution is -0.132. The fourth-order valence-corrected chi connectivity index (χ4v) is 0.970. The van der Waals surface area contributed by atoms with E-state index in [0.29, 0.717) is 11.5 Å². The van der Waals surface area contributed by atoms with E-state index in [9.17, 15) is 4.79 Å². The van der Waals surface area contributed by atoms with Gasteiger partial charge in [-0.2, -0.15) is 0 Å². The Hall–Kier alpha value is -1.55. The molecule has 1 atom stereocenters. The van der Waals surface area contributed by atoms with E-state index in [1.54, 1.807) is 24.3 Å². The van der Waals surface area contributed by atoms with Gasteiger partial charge in [0, 0.05) is 6.92 Å². The van der Waals surface area contributed by atoms with Crippen LogP contribution in [0.2, 0.25) is 0 Å². The van der Waals surface area contributed by atoms with Gasteiger partial charge in [-0.25, -0.2) is 0 Å². The van der Waals surface area contributed by atoms with E-state index in [1.807, 2.05) is 0 Å². The van der Waals surface area contributed by atoms with Gasteiger partial charge in [-0.3, -0.25) is 4.79 Å². The summed E-state index contributed by atoms with van der Waals surface area (Å²) in [7, 11) is 0. The summed E-state index contributed by atoms with van der Waals surface area (Å²) in [4.78, 5) is 10.7. The van der Waals surface area contributed by atoms with Gasteiger partial charge in [0.15, 0.2) is 17.8 Å². The van der Waals surface area contributed by atoms with Crippen LogP contribution in [0.1, 0.15) is 13.8 Å². The van der Waals surface area contributed by atoms with E-state index in [0.717, 1.165) is 0 Å². The smallest absolute Gasteiger partial charge is 0.308 e. The van der Waals surface area contributed by atoms with Crippen LogP contribution in [0.5, 0.6) is 11.5 Å². The highest BCUT2D eigenvalue weighted by atomic mass is 16.6. The zero-order valence-electron chi connectivity index (χ0n) is 8.06. The lowest BCUT2D eigenvalue weighted by Gasteiger charge is -2.11. The number of hydrogen-bond donors (Lipinski definition) is 1. The van der Waals surface area contributed by atoms with Crippen LogP contribution in [0.25, 0.3) is 0 Å². The number of para-hydroxylation sites is 2. The molecule has 1 aromatic carbocycles. The monoisotopic (exact) mass is 196 g/mol. The van der Waals surface area contributed by atoms with Crippen molar-refractivity contribution in [1.82, 2.24) is 0 Å². The van der Waals surface area contributed by atoms with E-state index in [-0.39, 0.29) is 0 Å². The number of rotatable bonds is 3. The van der Waals surface area contributed by atoms with Gasteiger partial charge in [-0.1, -0.05) is 12.1 Å². The molecule has 76 valence electrons. The van der Waals surface area contributed by atoms with Crippen molar-refractivity contribution in [3.63, 3.8) is 0 Å². The molecular formula is C10H12O4. The molecule has 0 saturated carbocycles. The van der Waals surface area contributed by atoms with Crippen LogP contribution in [0.15, 0.2) is 24.3 Å². The van der Waals surface area contributed by atoms with E-state index in [2.05, 4.69) is 0 Å². The van der Waals surface area contributed by atoms with Gasteiger partial charge < -0.3 is 14.6 Å². The van der Waals surface area contributed by atoms with Crippen molar-refractivity contribution >= 4 is 5.97 Å². The third kappa shape index (κ3) is 3.06. The predicted molar refractivity (Wildman–Crippen MR) is 50.1 cm³/mol. The molecule has 0 amide bonds. The van der Waals surface area contributed by atoms with E-state index >= 15 is 0 Å². The zero-order valence-corrected chi connectivity index (χ0v) is 8.06. The molecule has 0 bridgehead atoms. The van der Waals surface area contributed by atoms with Crippen LogP contribution in [-0.4, -0.2) is 17.4 Å². The minimum absolute atomic E-state index is 0.306. The Kier molecular flexibility index (Phi) is 3.48. The predicted octanol–water partition coefficient (Wildman–Crippen LogP) is 1.33. The molecule has 1 aromatic rings. The van der Waals surface area contributed by atoms with Crippen LogP contribution < -0.4 is 9.47 Å². The number of aliphatic hydroxyl groups excluding tert-OH is 1. The van der Waals surface area contributed by atoms with E-state index in [4.69, 9.17) is 14.6 Å². The largest absolute Gasteiger partial charge is 0.462 e. The minimum Gasteiger partial charge on any atom is -0.462 e. The van der Waals surface area contributed by atoms with Crippen molar-refractivity contribution in [1.29, 1.82) is 0 Å². The molecule has 0 fully saturated rings. The summed E-state index contributed by atoms with van der Waals surface area (Å²) in [6.07, 6.45) is -0.938. The van der Waals surface area contributed by atoms with E-state index in [1.165, 1.54) is 13.8 Å². The van der Waals surface area contributed by atoms with Gasteiger partial charge in [-0.05, 0) is 19.1 Å². The number of carbonyl (C=O) groups excluding carboxylic acids is 1. The number of ether oxygens (including phenoxy) is 2. The normalized spacial score (nSPS) is 11.9. The van der Waals surface area contributed by atoms with E-state index < -0.39 is 12.3 Å².